The van der Waals surface area contributed by atoms with Crippen molar-refractivity contribution in [3.8, 4) is 11.1 Å². The number of amides is 1. The first-order valence-corrected chi connectivity index (χ1v) is 9.25. The molecular weight excluding hydrogens is 376 g/mol. The molecule has 4 rings (SSSR count). The van der Waals surface area contributed by atoms with Gasteiger partial charge in [-0.2, -0.15) is 4.39 Å². The van der Waals surface area contributed by atoms with E-state index in [4.69, 9.17) is 0 Å². The second kappa shape index (κ2) is 7.24. The molecule has 3 heterocycles. The lowest BCUT2D eigenvalue weighted by atomic mass is 9.91. The lowest BCUT2D eigenvalue weighted by Gasteiger charge is -2.29. The molecule has 2 aromatic heterocycles. The van der Waals surface area contributed by atoms with Crippen molar-refractivity contribution in [1.29, 1.82) is 0 Å². The van der Waals surface area contributed by atoms with Gasteiger partial charge in [0.05, 0.1) is 12.2 Å². The zero-order chi connectivity index (χ0) is 20.7. The Hall–Kier alpha value is -3.35. The van der Waals surface area contributed by atoms with Crippen LogP contribution >= 0.6 is 0 Å². The number of rotatable bonds is 3. The first kappa shape index (κ1) is 19.0. The molecule has 1 aliphatic rings. The monoisotopic (exact) mass is 395 g/mol. The molecular formula is C22H19F2N3O2. The van der Waals surface area contributed by atoms with E-state index in [0.29, 0.717) is 40.8 Å². The number of aryl methyl sites for hydroxylation is 1. The topological polar surface area (TPSA) is 55.2 Å². The number of fused-ring (bicyclic) bond motifs is 1. The molecule has 0 spiro atoms. The van der Waals surface area contributed by atoms with Crippen LogP contribution in [0.5, 0.6) is 0 Å². The lowest BCUT2D eigenvalue weighted by molar-refractivity contribution is -0.118. The molecule has 1 amide bonds. The summed E-state index contributed by atoms with van der Waals surface area (Å²) in [5, 5.41) is 0. The molecule has 0 N–H and O–H groups in total. The minimum Gasteiger partial charge on any atom is -0.314 e. The van der Waals surface area contributed by atoms with E-state index in [2.05, 4.69) is 4.98 Å². The van der Waals surface area contributed by atoms with E-state index in [-0.39, 0.29) is 12.5 Å². The third-order valence-electron chi connectivity index (χ3n) is 5.44. The number of halogens is 2. The summed E-state index contributed by atoms with van der Waals surface area (Å²) in [5.41, 5.74) is 3.03. The number of hydrogen-bond acceptors (Lipinski definition) is 3. The third kappa shape index (κ3) is 3.22. The van der Waals surface area contributed by atoms with Crippen LogP contribution in [0.4, 0.5) is 14.5 Å². The van der Waals surface area contributed by atoms with Gasteiger partial charge in [-0.25, -0.2) is 4.39 Å². The predicted molar refractivity (Wildman–Crippen MR) is 106 cm³/mol. The average Bonchev–Trinajstić information content (AvgIpc) is 2.69. The lowest BCUT2D eigenvalue weighted by Crippen LogP contribution is -2.32. The molecule has 0 saturated heterocycles. The van der Waals surface area contributed by atoms with Crippen LogP contribution in [0.25, 0.3) is 11.1 Å². The number of pyridine rings is 2. The molecule has 0 atom stereocenters. The van der Waals surface area contributed by atoms with E-state index in [1.807, 2.05) is 0 Å². The fourth-order valence-corrected chi connectivity index (χ4v) is 3.78. The maximum absolute atomic E-state index is 14.9. The van der Waals surface area contributed by atoms with Gasteiger partial charge in [0.15, 0.2) is 5.95 Å². The van der Waals surface area contributed by atoms with Gasteiger partial charge in [-0.3, -0.25) is 19.1 Å². The third-order valence-corrected chi connectivity index (χ3v) is 5.44. The Balaban J connectivity index is 1.88. The molecule has 0 saturated carbocycles. The molecule has 7 heteroatoms. The van der Waals surface area contributed by atoms with Gasteiger partial charge in [-0.15, -0.1) is 0 Å². The molecule has 1 aromatic carbocycles. The van der Waals surface area contributed by atoms with E-state index in [1.165, 1.54) is 35.4 Å². The van der Waals surface area contributed by atoms with Crippen LogP contribution in [0.15, 0.2) is 47.5 Å². The van der Waals surface area contributed by atoms with Crippen LogP contribution in [0.3, 0.4) is 0 Å². The number of nitrogens with zero attached hydrogens (tertiary/aromatic N) is 3. The molecule has 0 fully saturated rings. The van der Waals surface area contributed by atoms with E-state index in [1.54, 1.807) is 26.2 Å². The normalized spacial score (nSPS) is 13.5. The van der Waals surface area contributed by atoms with Gasteiger partial charge in [0, 0.05) is 43.1 Å². The highest BCUT2D eigenvalue weighted by Gasteiger charge is 2.27. The minimum absolute atomic E-state index is 0.0242. The number of benzene rings is 1. The summed E-state index contributed by atoms with van der Waals surface area (Å²) in [5.74, 6) is -1.20. The van der Waals surface area contributed by atoms with Gasteiger partial charge in [-0.1, -0.05) is 12.1 Å². The molecule has 3 aromatic rings. The average molecular weight is 395 g/mol. The van der Waals surface area contributed by atoms with Crippen molar-refractivity contribution in [2.75, 3.05) is 11.9 Å². The Labute approximate surface area is 166 Å². The van der Waals surface area contributed by atoms with Gasteiger partial charge in [-0.05, 0) is 42.2 Å². The van der Waals surface area contributed by atoms with Gasteiger partial charge >= 0.3 is 0 Å². The summed E-state index contributed by atoms with van der Waals surface area (Å²) in [6, 6.07) is 6.94. The fraction of sp³-hybridized carbons (Fsp3) is 0.227. The Kier molecular flexibility index (Phi) is 4.74. The van der Waals surface area contributed by atoms with Crippen molar-refractivity contribution in [1.82, 2.24) is 9.55 Å². The van der Waals surface area contributed by atoms with Gasteiger partial charge < -0.3 is 4.90 Å². The van der Waals surface area contributed by atoms with Gasteiger partial charge in [0.1, 0.15) is 5.82 Å². The van der Waals surface area contributed by atoms with Crippen molar-refractivity contribution in [2.24, 2.45) is 0 Å². The molecule has 29 heavy (non-hydrogen) atoms. The summed E-state index contributed by atoms with van der Waals surface area (Å²) in [4.78, 5) is 29.9. The smallest absolute Gasteiger partial charge is 0.253 e. The maximum Gasteiger partial charge on any atom is 0.253 e. The number of hydrogen-bond donors (Lipinski definition) is 0. The molecule has 0 bridgehead atoms. The summed E-state index contributed by atoms with van der Waals surface area (Å²) >= 11 is 0. The standard InChI is InChI=1S/C22H19F2N3O2/c1-13-15(12-27-18(24)4-3-5-20(27)29)10-25-11-16(13)21-17(23)8-6-14-7-9-19(28)26(2)22(14)21/h3-6,8,10-11H,7,9,12H2,1-2H3. The Morgan fingerprint density at radius 2 is 1.86 bits per heavy atom. The Bertz CT molecular complexity index is 1190. The van der Waals surface area contributed by atoms with E-state index < -0.39 is 17.3 Å². The second-order valence-electron chi connectivity index (χ2n) is 7.13. The Morgan fingerprint density at radius 1 is 1.07 bits per heavy atom. The number of anilines is 1. The van der Waals surface area contributed by atoms with Crippen molar-refractivity contribution >= 4 is 11.6 Å². The Morgan fingerprint density at radius 3 is 2.62 bits per heavy atom. The zero-order valence-electron chi connectivity index (χ0n) is 16.1. The highest BCUT2D eigenvalue weighted by atomic mass is 19.1. The predicted octanol–water partition coefficient (Wildman–Crippen LogP) is 3.45. The largest absolute Gasteiger partial charge is 0.314 e. The quantitative estimate of drug-likeness (QED) is 0.639. The SMILES string of the molecule is Cc1c(Cn2c(F)cccc2=O)cncc1-c1c(F)ccc2c1N(C)C(=O)CC2. The highest BCUT2D eigenvalue weighted by Crippen LogP contribution is 2.40. The van der Waals surface area contributed by atoms with Gasteiger partial charge in [0.25, 0.3) is 5.56 Å². The van der Waals surface area contributed by atoms with Crippen molar-refractivity contribution in [2.45, 2.75) is 26.3 Å². The second-order valence-corrected chi connectivity index (χ2v) is 7.13. The van der Waals surface area contributed by atoms with Crippen molar-refractivity contribution in [3.63, 3.8) is 0 Å². The molecule has 0 aliphatic carbocycles. The van der Waals surface area contributed by atoms with Crippen LogP contribution in [0.2, 0.25) is 0 Å². The number of carbonyl (C=O) groups excluding carboxylic acids is 1. The summed E-state index contributed by atoms with van der Waals surface area (Å²) in [7, 11) is 1.63. The first-order chi connectivity index (χ1) is 13.9. The number of aromatic nitrogens is 2. The molecule has 148 valence electrons. The van der Waals surface area contributed by atoms with Gasteiger partial charge in [0.2, 0.25) is 5.91 Å². The van der Waals surface area contributed by atoms with E-state index >= 15 is 0 Å². The van der Waals surface area contributed by atoms with Crippen LogP contribution in [-0.4, -0.2) is 22.5 Å². The van der Waals surface area contributed by atoms with Crippen LogP contribution in [0, 0.1) is 18.7 Å². The van der Waals surface area contributed by atoms with E-state index in [0.717, 1.165) is 10.1 Å². The number of carbonyl (C=O) groups is 1. The summed E-state index contributed by atoms with van der Waals surface area (Å²) in [6.07, 6.45) is 4.00. The highest BCUT2D eigenvalue weighted by molar-refractivity contribution is 6.01. The zero-order valence-corrected chi connectivity index (χ0v) is 16.1. The summed E-state index contributed by atoms with van der Waals surface area (Å²) in [6.45, 7) is 1.76. The van der Waals surface area contributed by atoms with Crippen LogP contribution < -0.4 is 10.5 Å². The van der Waals surface area contributed by atoms with E-state index in [9.17, 15) is 18.4 Å². The molecule has 0 radical (unpaired) electrons. The minimum atomic E-state index is -0.657. The van der Waals surface area contributed by atoms with Crippen LogP contribution in [-0.2, 0) is 17.8 Å². The van der Waals surface area contributed by atoms with Crippen molar-refractivity contribution in [3.05, 3.63) is 81.5 Å². The molecule has 1 aliphatic heterocycles. The first-order valence-electron chi connectivity index (χ1n) is 9.25. The molecule has 0 unspecified atom stereocenters. The molecule has 5 nitrogen and oxygen atoms in total. The van der Waals surface area contributed by atoms with Crippen molar-refractivity contribution < 1.29 is 13.6 Å². The fourth-order valence-electron chi connectivity index (χ4n) is 3.78. The summed E-state index contributed by atoms with van der Waals surface area (Å²) < 4.78 is 30.1. The maximum atomic E-state index is 14.9. The van der Waals surface area contributed by atoms with Crippen LogP contribution in [0.1, 0.15) is 23.1 Å².